The summed E-state index contributed by atoms with van der Waals surface area (Å²) in [6.45, 7) is 13.6. The molecule has 1 unspecified atom stereocenters. The smallest absolute Gasteiger partial charge is 0.263 e. The van der Waals surface area contributed by atoms with Crippen molar-refractivity contribution in [3.05, 3.63) is 89.1 Å². The fourth-order valence-electron chi connectivity index (χ4n) is 7.82. The number of imide groups is 2. The zero-order valence-electron chi connectivity index (χ0n) is 33.0. The SMILES string of the molecule is Cc1cccc(NCCC(C)(C)OCCC(C)(C)N2CCC[C@@H](c3ccc(-n4cc5cccc(C(N)=O)c5n4)cc3)C2)c1C(=O)N(C=O)C1CCC(=O)NC1=O. The average molecular weight is 764 g/mol. The number of fused-ring (bicyclic) bond motifs is 1. The summed E-state index contributed by atoms with van der Waals surface area (Å²) < 4.78 is 8.26. The number of ether oxygens (including phenoxy) is 1. The number of nitrogens with two attached hydrogens (primary N) is 1. The van der Waals surface area contributed by atoms with Gasteiger partial charge >= 0.3 is 0 Å². The Morgan fingerprint density at radius 3 is 2.50 bits per heavy atom. The molecule has 2 fully saturated rings. The molecule has 2 aliphatic heterocycles. The fourth-order valence-corrected chi connectivity index (χ4v) is 7.82. The maximum atomic E-state index is 13.6. The van der Waals surface area contributed by atoms with E-state index >= 15 is 0 Å². The van der Waals surface area contributed by atoms with E-state index in [0.717, 1.165) is 48.3 Å². The zero-order valence-corrected chi connectivity index (χ0v) is 33.0. The van der Waals surface area contributed by atoms with Gasteiger partial charge in [-0.15, -0.1) is 0 Å². The predicted molar refractivity (Wildman–Crippen MR) is 215 cm³/mol. The zero-order chi connectivity index (χ0) is 40.2. The summed E-state index contributed by atoms with van der Waals surface area (Å²) in [6.07, 6.45) is 6.17. The molecule has 13 nitrogen and oxygen atoms in total. The number of rotatable bonds is 15. The molecule has 4 N–H and O–H groups in total. The lowest BCUT2D eigenvalue weighted by Crippen LogP contribution is -2.54. The Hall–Kier alpha value is -5.40. The van der Waals surface area contributed by atoms with E-state index in [1.807, 2.05) is 24.4 Å². The molecule has 1 aromatic heterocycles. The summed E-state index contributed by atoms with van der Waals surface area (Å²) in [4.78, 5) is 65.2. The van der Waals surface area contributed by atoms with Crippen LogP contribution in [0.25, 0.3) is 16.6 Å². The van der Waals surface area contributed by atoms with Crippen molar-refractivity contribution in [2.75, 3.05) is 31.6 Å². The minimum atomic E-state index is -1.04. The van der Waals surface area contributed by atoms with Gasteiger partial charge in [0.05, 0.1) is 22.4 Å². The molecule has 0 bridgehead atoms. The molecule has 3 aromatic carbocycles. The van der Waals surface area contributed by atoms with Crippen LogP contribution in [0.5, 0.6) is 0 Å². The van der Waals surface area contributed by atoms with E-state index < -0.39 is 35.3 Å². The minimum Gasteiger partial charge on any atom is -0.384 e. The first-order valence-corrected chi connectivity index (χ1v) is 19.4. The molecule has 0 radical (unpaired) electrons. The highest BCUT2D eigenvalue weighted by Crippen LogP contribution is 2.33. The second-order valence-corrected chi connectivity index (χ2v) is 16.2. The Morgan fingerprint density at radius 1 is 1.04 bits per heavy atom. The topological polar surface area (TPSA) is 169 Å². The van der Waals surface area contributed by atoms with E-state index in [1.54, 1.807) is 29.8 Å². The van der Waals surface area contributed by atoms with Crippen LogP contribution in [0.3, 0.4) is 0 Å². The van der Waals surface area contributed by atoms with Crippen LogP contribution in [0.1, 0.15) is 104 Å². The number of carbonyl (C=O) groups excluding carboxylic acids is 5. The largest absolute Gasteiger partial charge is 0.384 e. The first-order valence-electron chi connectivity index (χ1n) is 19.4. The van der Waals surface area contributed by atoms with E-state index in [9.17, 15) is 24.0 Å². The van der Waals surface area contributed by atoms with Gasteiger partial charge in [-0.25, -0.2) is 4.68 Å². The first kappa shape index (κ1) is 40.3. The van der Waals surface area contributed by atoms with E-state index in [0.29, 0.717) is 59.8 Å². The van der Waals surface area contributed by atoms with Gasteiger partial charge in [0.1, 0.15) is 11.6 Å². The molecular formula is C43H53N7O6. The average Bonchev–Trinajstić information content (AvgIpc) is 3.60. The van der Waals surface area contributed by atoms with Crippen molar-refractivity contribution in [1.29, 1.82) is 0 Å². The number of aromatic nitrogens is 2. The fraction of sp³-hybridized carbons (Fsp3) is 0.442. The van der Waals surface area contributed by atoms with Gasteiger partial charge in [0.2, 0.25) is 18.2 Å². The number of piperidine rings is 2. The molecule has 2 aliphatic rings. The van der Waals surface area contributed by atoms with Crippen molar-refractivity contribution in [1.82, 2.24) is 24.9 Å². The predicted octanol–water partition coefficient (Wildman–Crippen LogP) is 5.48. The number of hydrogen-bond acceptors (Lipinski definition) is 9. The van der Waals surface area contributed by atoms with Gasteiger partial charge in [0.25, 0.3) is 11.8 Å². The van der Waals surface area contributed by atoms with Crippen molar-refractivity contribution < 1.29 is 28.7 Å². The highest BCUT2D eigenvalue weighted by molar-refractivity contribution is 6.10. The van der Waals surface area contributed by atoms with Crippen molar-refractivity contribution in [3.8, 4) is 5.69 Å². The first-order chi connectivity index (χ1) is 26.7. The monoisotopic (exact) mass is 763 g/mol. The summed E-state index contributed by atoms with van der Waals surface area (Å²) in [6, 6.07) is 18.3. The van der Waals surface area contributed by atoms with Crippen molar-refractivity contribution in [3.63, 3.8) is 0 Å². The molecule has 2 atom stereocenters. The maximum Gasteiger partial charge on any atom is 0.263 e. The molecule has 56 heavy (non-hydrogen) atoms. The van der Waals surface area contributed by atoms with Crippen LogP contribution in [-0.2, 0) is 19.1 Å². The van der Waals surface area contributed by atoms with E-state index in [4.69, 9.17) is 10.5 Å². The molecule has 4 aromatic rings. The van der Waals surface area contributed by atoms with Gasteiger partial charge in [-0.2, -0.15) is 5.10 Å². The van der Waals surface area contributed by atoms with Gasteiger partial charge in [-0.05, 0) is 115 Å². The van der Waals surface area contributed by atoms with E-state index in [2.05, 4.69) is 72.6 Å². The molecule has 0 spiro atoms. The minimum absolute atomic E-state index is 0.0578. The lowest BCUT2D eigenvalue weighted by Gasteiger charge is -2.44. The van der Waals surface area contributed by atoms with Crippen LogP contribution in [0.2, 0.25) is 0 Å². The summed E-state index contributed by atoms with van der Waals surface area (Å²) in [7, 11) is 0. The van der Waals surface area contributed by atoms with Gasteiger partial charge in [0.15, 0.2) is 0 Å². The lowest BCUT2D eigenvalue weighted by atomic mass is 9.86. The van der Waals surface area contributed by atoms with Crippen LogP contribution in [0.15, 0.2) is 66.9 Å². The highest BCUT2D eigenvalue weighted by Gasteiger charge is 2.36. The number of nitrogens with one attached hydrogen (secondary N) is 2. The quantitative estimate of drug-likeness (QED) is 0.105. The van der Waals surface area contributed by atoms with Crippen molar-refractivity contribution >= 4 is 46.6 Å². The molecule has 3 heterocycles. The Balaban J connectivity index is 1.01. The number of primary amides is 1. The second-order valence-electron chi connectivity index (χ2n) is 16.2. The maximum absolute atomic E-state index is 13.6. The van der Waals surface area contributed by atoms with E-state index in [-0.39, 0.29) is 18.4 Å². The number of nitrogens with zero attached hydrogens (tertiary/aromatic N) is 4. The number of aryl methyl sites for hydroxylation is 1. The van der Waals surface area contributed by atoms with E-state index in [1.165, 1.54) is 5.56 Å². The molecule has 296 valence electrons. The van der Waals surface area contributed by atoms with Gasteiger partial charge in [0, 0.05) is 48.9 Å². The summed E-state index contributed by atoms with van der Waals surface area (Å²) in [5, 5.41) is 11.1. The molecule has 13 heteroatoms. The van der Waals surface area contributed by atoms with Crippen molar-refractivity contribution in [2.45, 2.75) is 96.2 Å². The summed E-state index contributed by atoms with van der Waals surface area (Å²) >= 11 is 0. The Bertz CT molecular complexity index is 2110. The second kappa shape index (κ2) is 16.8. The third-order valence-corrected chi connectivity index (χ3v) is 11.3. The lowest BCUT2D eigenvalue weighted by molar-refractivity contribution is -0.139. The number of carbonyl (C=O) groups is 5. The molecule has 6 rings (SSSR count). The molecule has 2 saturated heterocycles. The molecule has 5 amide bonds. The number of hydrogen-bond donors (Lipinski definition) is 3. The number of anilines is 1. The molecule has 0 aliphatic carbocycles. The molecular weight excluding hydrogens is 711 g/mol. The third-order valence-electron chi connectivity index (χ3n) is 11.3. The Labute approximate surface area is 327 Å². The van der Waals surface area contributed by atoms with Gasteiger partial charge < -0.3 is 15.8 Å². The van der Waals surface area contributed by atoms with Gasteiger partial charge in [-0.1, -0.05) is 36.4 Å². The number of likely N-dealkylation sites (tertiary alicyclic amines) is 1. The van der Waals surface area contributed by atoms with Crippen LogP contribution >= 0.6 is 0 Å². The van der Waals surface area contributed by atoms with Crippen LogP contribution in [0.4, 0.5) is 5.69 Å². The summed E-state index contributed by atoms with van der Waals surface area (Å²) in [5.74, 6) is -1.75. The van der Waals surface area contributed by atoms with Crippen LogP contribution in [0, 0.1) is 6.92 Å². The van der Waals surface area contributed by atoms with Crippen LogP contribution in [-0.4, -0.2) is 93.0 Å². The third kappa shape index (κ3) is 9.00. The standard InChI is InChI=1S/C43H53N7O6/c1-28-9-6-13-34(37(28)41(55)49(27-51)35-18-19-36(52)46-40(35)54)45-22-20-43(4,5)56-24-21-42(2,3)48-23-8-11-30(25-48)29-14-16-32(17-15-29)50-26-31-10-7-12-33(39(44)53)38(31)47-50/h6-7,9-10,12-17,26-27,30,35,45H,8,11,18-25H2,1-5H3,(H2,44,53)(H,46,52,54)/t30-,35?/m1/s1. The Kier molecular flexibility index (Phi) is 12.1. The van der Waals surface area contributed by atoms with Gasteiger partial charge in [-0.3, -0.25) is 39.1 Å². The highest BCUT2D eigenvalue weighted by atomic mass is 16.5. The molecule has 0 saturated carbocycles. The van der Waals surface area contributed by atoms with Crippen molar-refractivity contribution in [2.24, 2.45) is 5.73 Å². The normalized spacial score (nSPS) is 18.1. The number of benzene rings is 3. The summed E-state index contributed by atoms with van der Waals surface area (Å²) in [5.41, 5.74) is 9.80. The van der Waals surface area contributed by atoms with Crippen LogP contribution < -0.4 is 16.4 Å². The Morgan fingerprint density at radius 2 is 1.79 bits per heavy atom. The number of amides is 5.